The number of ether oxygens (including phenoxy) is 1. The van der Waals surface area contributed by atoms with E-state index in [1.165, 1.54) is 0 Å². The lowest BCUT2D eigenvalue weighted by Gasteiger charge is -2.11. The van der Waals surface area contributed by atoms with E-state index in [0.717, 1.165) is 6.42 Å². The van der Waals surface area contributed by atoms with Crippen molar-refractivity contribution in [2.75, 3.05) is 25.1 Å². The van der Waals surface area contributed by atoms with E-state index in [9.17, 15) is 9.59 Å². The summed E-state index contributed by atoms with van der Waals surface area (Å²) in [4.78, 5) is 22.4. The van der Waals surface area contributed by atoms with Gasteiger partial charge >= 0.3 is 0 Å². The Morgan fingerprint density at radius 1 is 1.29 bits per heavy atom. The minimum absolute atomic E-state index is 0.275. The van der Waals surface area contributed by atoms with Gasteiger partial charge in [-0.3, -0.25) is 9.59 Å². The molecule has 0 spiro atoms. The Labute approximate surface area is 133 Å². The molecule has 2 N–H and O–H groups in total. The fourth-order valence-electron chi connectivity index (χ4n) is 1.59. The Hall–Kier alpha value is -1.30. The summed E-state index contributed by atoms with van der Waals surface area (Å²) in [7, 11) is 0. The Morgan fingerprint density at radius 2 is 2.00 bits per heavy atom. The molecule has 0 aromatic heterocycles. The summed E-state index contributed by atoms with van der Waals surface area (Å²) in [6, 6.07) is 6.65. The molecule has 7 heteroatoms. The van der Waals surface area contributed by atoms with Crippen molar-refractivity contribution in [1.82, 2.24) is 5.32 Å². The maximum Gasteiger partial charge on any atom is 0.257 e. The van der Waals surface area contributed by atoms with Crippen molar-refractivity contribution in [2.24, 2.45) is 0 Å². The lowest BCUT2D eigenvalue weighted by molar-refractivity contribution is -0.114. The number of benzene rings is 1. The second kappa shape index (κ2) is 9.60. The Kier molecular flexibility index (Phi) is 8.12. The van der Waals surface area contributed by atoms with E-state index >= 15 is 0 Å². The summed E-state index contributed by atoms with van der Waals surface area (Å²) in [5, 5.41) is 5.28. The Bertz CT molecular complexity index is 481. The number of para-hydroxylation sites is 1. The van der Waals surface area contributed by atoms with Crippen LogP contribution in [0.15, 0.2) is 24.3 Å². The van der Waals surface area contributed by atoms with Gasteiger partial charge in [0.25, 0.3) is 11.8 Å². The number of carbonyl (C=O) groups is 2. The van der Waals surface area contributed by atoms with Crippen LogP contribution in [0.5, 0.6) is 0 Å². The lowest BCUT2D eigenvalue weighted by atomic mass is 10.1. The first kappa shape index (κ1) is 17.8. The third-order valence-electron chi connectivity index (χ3n) is 2.58. The van der Waals surface area contributed by atoms with E-state index in [1.807, 2.05) is 6.92 Å². The van der Waals surface area contributed by atoms with Crippen molar-refractivity contribution in [1.29, 1.82) is 0 Å². The van der Waals surface area contributed by atoms with Gasteiger partial charge < -0.3 is 15.4 Å². The summed E-state index contributed by atoms with van der Waals surface area (Å²) in [6.45, 7) is 3.66. The second-order valence-corrected chi connectivity index (χ2v) is 5.24. The monoisotopic (exact) mass is 332 g/mol. The number of hydrogen-bond donors (Lipinski definition) is 2. The highest BCUT2D eigenvalue weighted by atomic mass is 35.5. The van der Waals surface area contributed by atoms with Crippen molar-refractivity contribution in [3.8, 4) is 0 Å². The number of halogens is 2. The molecular weight excluding hydrogens is 315 g/mol. The topological polar surface area (TPSA) is 67.4 Å². The zero-order valence-corrected chi connectivity index (χ0v) is 13.2. The molecule has 0 aliphatic heterocycles. The van der Waals surface area contributed by atoms with Gasteiger partial charge in [-0.1, -0.05) is 35.3 Å². The van der Waals surface area contributed by atoms with Crippen LogP contribution in [-0.4, -0.2) is 36.4 Å². The van der Waals surface area contributed by atoms with E-state index in [4.69, 9.17) is 27.9 Å². The van der Waals surface area contributed by atoms with Crippen molar-refractivity contribution in [2.45, 2.75) is 18.2 Å². The molecule has 1 aromatic rings. The highest BCUT2D eigenvalue weighted by Gasteiger charge is 2.16. The molecule has 0 unspecified atom stereocenters. The first-order valence-electron chi connectivity index (χ1n) is 6.60. The third kappa shape index (κ3) is 6.33. The molecule has 0 atom stereocenters. The molecule has 1 rings (SSSR count). The van der Waals surface area contributed by atoms with Crippen LogP contribution in [-0.2, 0) is 9.53 Å². The van der Waals surface area contributed by atoms with E-state index in [-0.39, 0.29) is 5.91 Å². The predicted molar refractivity (Wildman–Crippen MR) is 84.0 cm³/mol. The maximum atomic E-state index is 12.1. The number of anilines is 1. The molecule has 116 valence electrons. The van der Waals surface area contributed by atoms with Crippen LogP contribution in [0.3, 0.4) is 0 Å². The van der Waals surface area contributed by atoms with Crippen molar-refractivity contribution < 1.29 is 14.3 Å². The Balaban J connectivity index is 2.61. The van der Waals surface area contributed by atoms with Crippen LogP contribution >= 0.6 is 23.2 Å². The van der Waals surface area contributed by atoms with E-state index in [0.29, 0.717) is 31.0 Å². The van der Waals surface area contributed by atoms with Crippen LogP contribution in [0.2, 0.25) is 0 Å². The molecule has 0 aliphatic carbocycles. The van der Waals surface area contributed by atoms with Gasteiger partial charge in [-0.05, 0) is 25.5 Å². The number of amides is 2. The van der Waals surface area contributed by atoms with Crippen molar-refractivity contribution in [3.05, 3.63) is 29.8 Å². The van der Waals surface area contributed by atoms with Gasteiger partial charge in [0.2, 0.25) is 0 Å². The molecule has 21 heavy (non-hydrogen) atoms. The van der Waals surface area contributed by atoms with Gasteiger partial charge in [-0.2, -0.15) is 0 Å². The average Bonchev–Trinajstić information content (AvgIpc) is 2.47. The molecule has 0 fully saturated rings. The normalized spacial score (nSPS) is 10.5. The molecule has 0 bridgehead atoms. The van der Waals surface area contributed by atoms with Gasteiger partial charge in [0.15, 0.2) is 4.84 Å². The van der Waals surface area contributed by atoms with Crippen LogP contribution in [0, 0.1) is 0 Å². The van der Waals surface area contributed by atoms with E-state index in [2.05, 4.69) is 10.6 Å². The maximum absolute atomic E-state index is 12.1. The summed E-state index contributed by atoms with van der Waals surface area (Å²) in [5.74, 6) is -0.849. The van der Waals surface area contributed by atoms with Crippen LogP contribution in [0.4, 0.5) is 5.69 Å². The minimum atomic E-state index is -1.19. The zero-order chi connectivity index (χ0) is 15.7. The summed E-state index contributed by atoms with van der Waals surface area (Å²) in [5.41, 5.74) is 0.729. The molecule has 0 saturated carbocycles. The largest absolute Gasteiger partial charge is 0.382 e. The molecule has 0 radical (unpaired) electrons. The number of carbonyl (C=O) groups excluding carboxylic acids is 2. The third-order valence-corrected chi connectivity index (χ3v) is 2.98. The molecule has 0 saturated heterocycles. The van der Waals surface area contributed by atoms with Gasteiger partial charge in [-0.25, -0.2) is 0 Å². The van der Waals surface area contributed by atoms with Crippen LogP contribution < -0.4 is 10.6 Å². The SMILES string of the molecule is CCOCCCNC(=O)c1ccccc1NC(=O)C(Cl)Cl. The zero-order valence-electron chi connectivity index (χ0n) is 11.7. The molecule has 2 amide bonds. The van der Waals surface area contributed by atoms with Gasteiger partial charge in [0, 0.05) is 19.8 Å². The second-order valence-electron chi connectivity index (χ2n) is 4.14. The van der Waals surface area contributed by atoms with Gasteiger partial charge in [-0.15, -0.1) is 0 Å². The quantitative estimate of drug-likeness (QED) is 0.568. The Morgan fingerprint density at radius 3 is 2.67 bits per heavy atom. The molecule has 1 aromatic carbocycles. The molecule has 0 aliphatic rings. The van der Waals surface area contributed by atoms with E-state index < -0.39 is 10.7 Å². The van der Waals surface area contributed by atoms with E-state index in [1.54, 1.807) is 24.3 Å². The minimum Gasteiger partial charge on any atom is -0.382 e. The first-order valence-corrected chi connectivity index (χ1v) is 7.47. The van der Waals surface area contributed by atoms with Gasteiger partial charge in [0.1, 0.15) is 0 Å². The van der Waals surface area contributed by atoms with Crippen molar-refractivity contribution >= 4 is 40.7 Å². The lowest BCUT2D eigenvalue weighted by Crippen LogP contribution is -2.27. The standard InChI is InChI=1S/C14H18Cl2N2O3/c1-2-21-9-5-8-17-13(19)10-6-3-4-7-11(10)18-14(20)12(15)16/h3-4,6-7,12H,2,5,8-9H2,1H3,(H,17,19)(H,18,20). The smallest absolute Gasteiger partial charge is 0.257 e. The number of hydrogen-bond acceptors (Lipinski definition) is 3. The highest BCUT2D eigenvalue weighted by Crippen LogP contribution is 2.16. The fourth-order valence-corrected chi connectivity index (χ4v) is 1.70. The summed E-state index contributed by atoms with van der Waals surface area (Å²) >= 11 is 11.0. The summed E-state index contributed by atoms with van der Waals surface area (Å²) in [6.07, 6.45) is 0.722. The highest BCUT2D eigenvalue weighted by molar-refractivity contribution is 6.54. The predicted octanol–water partition coefficient (Wildman–Crippen LogP) is 2.59. The fraction of sp³-hybridized carbons (Fsp3) is 0.429. The molecule has 5 nitrogen and oxygen atoms in total. The van der Waals surface area contributed by atoms with Gasteiger partial charge in [0.05, 0.1) is 11.3 Å². The average molecular weight is 333 g/mol. The van der Waals surface area contributed by atoms with Crippen LogP contribution in [0.25, 0.3) is 0 Å². The molecule has 0 heterocycles. The number of alkyl halides is 2. The summed E-state index contributed by atoms with van der Waals surface area (Å²) < 4.78 is 5.19. The van der Waals surface area contributed by atoms with Crippen LogP contribution in [0.1, 0.15) is 23.7 Å². The number of rotatable bonds is 8. The number of nitrogens with one attached hydrogen (secondary N) is 2. The first-order chi connectivity index (χ1) is 10.1. The van der Waals surface area contributed by atoms with Crippen molar-refractivity contribution in [3.63, 3.8) is 0 Å². The molecular formula is C14H18Cl2N2O3.